The maximum Gasteiger partial charge on any atom is 0.255 e. The van der Waals surface area contributed by atoms with Crippen LogP contribution in [0.2, 0.25) is 0 Å². The van der Waals surface area contributed by atoms with Crippen LogP contribution in [-0.4, -0.2) is 44.3 Å². The normalized spacial score (nSPS) is 12.5. The molecule has 0 radical (unpaired) electrons. The van der Waals surface area contributed by atoms with Gasteiger partial charge in [-0.3, -0.25) is 4.79 Å². The van der Waals surface area contributed by atoms with Gasteiger partial charge in [0, 0.05) is 12.1 Å². The van der Waals surface area contributed by atoms with Gasteiger partial charge in [-0.15, -0.1) is 0 Å². The number of rotatable bonds is 6. The first-order chi connectivity index (χ1) is 9.98. The highest BCUT2D eigenvalue weighted by Crippen LogP contribution is 2.34. The summed E-state index contributed by atoms with van der Waals surface area (Å²) in [6.07, 6.45) is 0. The number of hydrogen-bond donors (Lipinski definition) is 3. The van der Waals surface area contributed by atoms with Crippen molar-refractivity contribution < 1.29 is 24.2 Å². The number of carbonyl (C=O) groups excluding carboxylic acids is 1. The number of methoxy groups -OCH3 is 3. The zero-order valence-electron chi connectivity index (χ0n) is 12.3. The lowest BCUT2D eigenvalue weighted by atomic mass is 10.1. The Morgan fingerprint density at radius 2 is 1.71 bits per heavy atom. The Balaban J connectivity index is 3.13. The SMILES string of the molecule is COc1cc(OC)c(C(=O)NC(C)/C(N)=N/O)cc1OC. The van der Waals surface area contributed by atoms with Crippen LogP contribution in [0.4, 0.5) is 0 Å². The van der Waals surface area contributed by atoms with E-state index in [1.54, 1.807) is 13.0 Å². The maximum atomic E-state index is 12.2. The number of benzene rings is 1. The number of nitrogens with two attached hydrogens (primary N) is 1. The van der Waals surface area contributed by atoms with Crippen molar-refractivity contribution in [2.24, 2.45) is 10.9 Å². The van der Waals surface area contributed by atoms with Gasteiger partial charge in [-0.1, -0.05) is 5.16 Å². The molecule has 8 nitrogen and oxygen atoms in total. The van der Waals surface area contributed by atoms with Crippen LogP contribution in [0, 0.1) is 0 Å². The summed E-state index contributed by atoms with van der Waals surface area (Å²) in [6, 6.07) is 2.40. The molecule has 116 valence electrons. The van der Waals surface area contributed by atoms with E-state index in [1.165, 1.54) is 27.4 Å². The molecule has 21 heavy (non-hydrogen) atoms. The van der Waals surface area contributed by atoms with Crippen LogP contribution in [0.15, 0.2) is 17.3 Å². The Labute approximate surface area is 122 Å². The lowest BCUT2D eigenvalue weighted by Crippen LogP contribution is -2.42. The fraction of sp³-hybridized carbons (Fsp3) is 0.385. The van der Waals surface area contributed by atoms with Crippen LogP contribution >= 0.6 is 0 Å². The number of ether oxygens (including phenoxy) is 3. The third-order valence-corrected chi connectivity index (χ3v) is 2.86. The number of carbonyl (C=O) groups is 1. The first kappa shape index (κ1) is 16.4. The molecule has 0 fully saturated rings. The number of nitrogens with zero attached hydrogens (tertiary/aromatic N) is 1. The summed E-state index contributed by atoms with van der Waals surface area (Å²) in [5.74, 6) is 0.585. The average Bonchev–Trinajstić information content (AvgIpc) is 2.52. The van der Waals surface area contributed by atoms with Gasteiger partial charge < -0.3 is 30.5 Å². The molecule has 1 amide bonds. The van der Waals surface area contributed by atoms with Crippen molar-refractivity contribution in [3.8, 4) is 17.2 Å². The average molecular weight is 297 g/mol. The van der Waals surface area contributed by atoms with E-state index in [0.29, 0.717) is 17.2 Å². The molecule has 1 aromatic rings. The summed E-state index contributed by atoms with van der Waals surface area (Å²) in [7, 11) is 4.38. The molecule has 0 heterocycles. The maximum absolute atomic E-state index is 12.2. The lowest BCUT2D eigenvalue weighted by molar-refractivity contribution is 0.0945. The number of amidine groups is 1. The first-order valence-electron chi connectivity index (χ1n) is 6.06. The van der Waals surface area contributed by atoms with E-state index in [2.05, 4.69) is 10.5 Å². The molecule has 0 saturated heterocycles. The first-order valence-corrected chi connectivity index (χ1v) is 6.06. The Kier molecular flexibility index (Phi) is 5.65. The predicted molar refractivity (Wildman–Crippen MR) is 76.4 cm³/mol. The van der Waals surface area contributed by atoms with Gasteiger partial charge in [-0.25, -0.2) is 0 Å². The second-order valence-corrected chi connectivity index (χ2v) is 4.13. The molecule has 0 aliphatic rings. The van der Waals surface area contributed by atoms with Gasteiger partial charge >= 0.3 is 0 Å². The third-order valence-electron chi connectivity index (χ3n) is 2.86. The highest BCUT2D eigenvalue weighted by molar-refractivity contribution is 6.00. The van der Waals surface area contributed by atoms with E-state index < -0.39 is 11.9 Å². The second-order valence-electron chi connectivity index (χ2n) is 4.13. The van der Waals surface area contributed by atoms with Crippen LogP contribution in [0.3, 0.4) is 0 Å². The summed E-state index contributed by atoms with van der Waals surface area (Å²) in [4.78, 5) is 12.2. The molecule has 1 rings (SSSR count). The topological polar surface area (TPSA) is 115 Å². The van der Waals surface area contributed by atoms with Crippen molar-refractivity contribution in [3.63, 3.8) is 0 Å². The largest absolute Gasteiger partial charge is 0.496 e. The molecule has 1 unspecified atom stereocenters. The molecule has 0 bridgehead atoms. The van der Waals surface area contributed by atoms with Crippen LogP contribution < -0.4 is 25.3 Å². The van der Waals surface area contributed by atoms with Crippen LogP contribution in [0.1, 0.15) is 17.3 Å². The lowest BCUT2D eigenvalue weighted by Gasteiger charge is -2.16. The van der Waals surface area contributed by atoms with Crippen LogP contribution in [-0.2, 0) is 0 Å². The van der Waals surface area contributed by atoms with E-state index in [0.717, 1.165) is 0 Å². The van der Waals surface area contributed by atoms with E-state index >= 15 is 0 Å². The molecule has 1 atom stereocenters. The Morgan fingerprint density at radius 1 is 1.19 bits per heavy atom. The van der Waals surface area contributed by atoms with Gasteiger partial charge in [0.05, 0.1) is 32.9 Å². The standard InChI is InChI=1S/C13H19N3O5/c1-7(12(14)16-18)15-13(17)8-5-10(20-3)11(21-4)6-9(8)19-2/h5-7,18H,1-4H3,(H2,14,16)(H,15,17). The van der Waals surface area contributed by atoms with Crippen molar-refractivity contribution in [2.75, 3.05) is 21.3 Å². The molecular formula is C13H19N3O5. The van der Waals surface area contributed by atoms with Crippen molar-refractivity contribution in [3.05, 3.63) is 17.7 Å². The van der Waals surface area contributed by atoms with Crippen LogP contribution in [0.5, 0.6) is 17.2 Å². The summed E-state index contributed by atoms with van der Waals surface area (Å²) in [5, 5.41) is 14.0. The van der Waals surface area contributed by atoms with Gasteiger partial charge in [-0.05, 0) is 6.92 Å². The number of nitrogens with one attached hydrogen (secondary N) is 1. The van der Waals surface area contributed by atoms with E-state index in [-0.39, 0.29) is 11.4 Å². The Morgan fingerprint density at radius 3 is 2.19 bits per heavy atom. The Hall–Kier alpha value is -2.64. The van der Waals surface area contributed by atoms with E-state index in [4.69, 9.17) is 25.2 Å². The number of hydrogen-bond acceptors (Lipinski definition) is 6. The zero-order valence-corrected chi connectivity index (χ0v) is 12.3. The Bertz CT molecular complexity index is 545. The van der Waals surface area contributed by atoms with Crippen LogP contribution in [0.25, 0.3) is 0 Å². The molecule has 0 saturated carbocycles. The van der Waals surface area contributed by atoms with Crippen molar-refractivity contribution in [1.82, 2.24) is 5.32 Å². The molecule has 1 aromatic carbocycles. The highest BCUT2D eigenvalue weighted by Gasteiger charge is 2.20. The minimum Gasteiger partial charge on any atom is -0.496 e. The number of amides is 1. The summed E-state index contributed by atoms with van der Waals surface area (Å²) in [5.41, 5.74) is 5.67. The molecule has 0 aromatic heterocycles. The molecule has 4 N–H and O–H groups in total. The predicted octanol–water partition coefficient (Wildman–Crippen LogP) is 0.577. The van der Waals surface area contributed by atoms with Gasteiger partial charge in [0.15, 0.2) is 17.3 Å². The van der Waals surface area contributed by atoms with Gasteiger partial charge in [-0.2, -0.15) is 0 Å². The molecule has 0 spiro atoms. The van der Waals surface area contributed by atoms with Crippen molar-refractivity contribution in [1.29, 1.82) is 0 Å². The quantitative estimate of drug-likeness (QED) is 0.306. The second kappa shape index (κ2) is 7.22. The fourth-order valence-electron chi connectivity index (χ4n) is 1.64. The summed E-state index contributed by atoms with van der Waals surface area (Å²) in [6.45, 7) is 1.58. The molecular weight excluding hydrogens is 278 g/mol. The highest BCUT2D eigenvalue weighted by atomic mass is 16.5. The molecule has 0 aliphatic heterocycles. The van der Waals surface area contributed by atoms with Crippen molar-refractivity contribution in [2.45, 2.75) is 13.0 Å². The summed E-state index contributed by atoms with van der Waals surface area (Å²) >= 11 is 0. The monoisotopic (exact) mass is 297 g/mol. The fourth-order valence-corrected chi connectivity index (χ4v) is 1.64. The third kappa shape index (κ3) is 3.68. The van der Waals surface area contributed by atoms with Gasteiger partial charge in [0.25, 0.3) is 5.91 Å². The van der Waals surface area contributed by atoms with E-state index in [1.807, 2.05) is 0 Å². The smallest absolute Gasteiger partial charge is 0.255 e. The zero-order chi connectivity index (χ0) is 16.0. The van der Waals surface area contributed by atoms with Gasteiger partial charge in [0.2, 0.25) is 0 Å². The minimum atomic E-state index is -0.639. The number of oxime groups is 1. The molecule has 0 aliphatic carbocycles. The summed E-state index contributed by atoms with van der Waals surface area (Å²) < 4.78 is 15.5. The molecule has 8 heteroatoms. The van der Waals surface area contributed by atoms with Gasteiger partial charge in [0.1, 0.15) is 5.75 Å². The van der Waals surface area contributed by atoms with Crippen molar-refractivity contribution >= 4 is 11.7 Å². The van der Waals surface area contributed by atoms with E-state index in [9.17, 15) is 4.79 Å². The minimum absolute atomic E-state index is 0.109.